The van der Waals surface area contributed by atoms with Gasteiger partial charge in [0, 0.05) is 92.7 Å². The highest BCUT2D eigenvalue weighted by Gasteiger charge is 2.60. The van der Waals surface area contributed by atoms with Crippen LogP contribution in [0.3, 0.4) is 0 Å². The van der Waals surface area contributed by atoms with Gasteiger partial charge in [-0.2, -0.15) is 0 Å². The molecule has 414 valence electrons. The van der Waals surface area contributed by atoms with Gasteiger partial charge in [0.15, 0.2) is 0 Å². The Morgan fingerprint density at radius 2 is 1.04 bits per heavy atom. The molecule has 2 aromatic heterocycles. The molecule has 3 aliphatic carbocycles. The van der Waals surface area contributed by atoms with E-state index in [4.69, 9.17) is 0 Å². The number of hydrogen-bond acceptors (Lipinski definition) is 4. The number of nitrogens with zero attached hydrogens (tertiary/aromatic N) is 4. The van der Waals surface area contributed by atoms with Crippen molar-refractivity contribution in [2.75, 3.05) is 14.7 Å². The van der Waals surface area contributed by atoms with E-state index in [9.17, 15) is 0 Å². The summed E-state index contributed by atoms with van der Waals surface area (Å²) in [6, 6.07) is 61.3. The van der Waals surface area contributed by atoms with Crippen molar-refractivity contribution in [3.8, 4) is 16.9 Å². The van der Waals surface area contributed by atoms with E-state index >= 15 is 0 Å². The van der Waals surface area contributed by atoms with Crippen LogP contribution in [0.1, 0.15) is 168 Å². The first-order chi connectivity index (χ1) is 39.7. The first-order valence-electron chi connectivity index (χ1n) is 31.4. The van der Waals surface area contributed by atoms with Crippen LogP contribution in [0.15, 0.2) is 152 Å². The van der Waals surface area contributed by atoms with E-state index in [-0.39, 0.29) is 44.9 Å². The van der Waals surface area contributed by atoms with E-state index in [1.165, 1.54) is 176 Å². The fourth-order valence-electron chi connectivity index (χ4n) is 18.6. The number of anilines is 7. The third kappa shape index (κ3) is 6.19. The Morgan fingerprint density at radius 1 is 0.458 bits per heavy atom. The molecule has 7 aliphatic rings. The molecule has 17 rings (SSSR count). The minimum atomic E-state index is -0.192. The molecule has 0 bridgehead atoms. The predicted molar refractivity (Wildman–Crippen MR) is 356 cm³/mol. The Hall–Kier alpha value is -7.02. The van der Waals surface area contributed by atoms with Crippen LogP contribution in [0.4, 0.5) is 39.8 Å². The molecule has 0 saturated heterocycles. The predicted octanol–water partition coefficient (Wildman–Crippen LogP) is 19.0. The minimum absolute atomic E-state index is 0.00433. The van der Waals surface area contributed by atoms with Crippen LogP contribution in [0.25, 0.3) is 48.0 Å². The quantitative estimate of drug-likeness (QED) is 0.164. The summed E-state index contributed by atoms with van der Waals surface area (Å²) in [7, 11) is 0. The van der Waals surface area contributed by atoms with Crippen molar-refractivity contribution in [1.29, 1.82) is 0 Å². The highest BCUT2D eigenvalue weighted by molar-refractivity contribution is 7.26. The lowest BCUT2D eigenvalue weighted by Gasteiger charge is -2.51. The molecule has 2 saturated carbocycles. The van der Waals surface area contributed by atoms with Gasteiger partial charge >= 0.3 is 0 Å². The summed E-state index contributed by atoms with van der Waals surface area (Å²) in [6.45, 7) is 29.7. The summed E-state index contributed by atoms with van der Waals surface area (Å²) in [4.78, 5) is 8.50. The van der Waals surface area contributed by atoms with Crippen molar-refractivity contribution in [2.24, 2.45) is 0 Å². The summed E-state index contributed by atoms with van der Waals surface area (Å²) in [5.41, 5.74) is 27.1. The van der Waals surface area contributed by atoms with Gasteiger partial charge in [0.2, 0.25) is 0 Å². The van der Waals surface area contributed by atoms with Gasteiger partial charge in [-0.05, 0) is 155 Å². The fraction of sp³-hybridized carbons (Fsp3) is 0.351. The van der Waals surface area contributed by atoms with Gasteiger partial charge in [0.1, 0.15) is 0 Å². The van der Waals surface area contributed by atoms with Crippen molar-refractivity contribution in [1.82, 2.24) is 4.57 Å². The Balaban J connectivity index is 1.01. The number of para-hydroxylation sites is 1. The van der Waals surface area contributed by atoms with Crippen molar-refractivity contribution in [2.45, 2.75) is 173 Å². The molecule has 10 aromatic rings. The topological polar surface area (TPSA) is 14.7 Å². The Labute approximate surface area is 496 Å². The molecular weight excluding hydrogens is 1020 g/mol. The zero-order valence-corrected chi connectivity index (χ0v) is 51.7. The fourth-order valence-corrected chi connectivity index (χ4v) is 19.8. The Kier molecular flexibility index (Phi) is 9.88. The molecule has 6 heteroatoms. The molecule has 6 heterocycles. The molecule has 2 fully saturated rings. The second-order valence-corrected chi connectivity index (χ2v) is 31.0. The Morgan fingerprint density at radius 3 is 1.72 bits per heavy atom. The zero-order chi connectivity index (χ0) is 56.9. The first-order valence-corrected chi connectivity index (χ1v) is 32.2. The molecule has 0 amide bonds. The zero-order valence-electron chi connectivity index (χ0n) is 50.9. The van der Waals surface area contributed by atoms with Crippen LogP contribution in [-0.4, -0.2) is 22.4 Å². The molecular formula is C77H77BN4S. The second kappa shape index (κ2) is 16.2. The number of thiophene rings is 1. The molecule has 8 aromatic carbocycles. The molecule has 83 heavy (non-hydrogen) atoms. The van der Waals surface area contributed by atoms with Gasteiger partial charge in [-0.25, -0.2) is 0 Å². The van der Waals surface area contributed by atoms with Crippen molar-refractivity contribution >= 4 is 105 Å². The van der Waals surface area contributed by atoms with E-state index in [0.717, 1.165) is 12.8 Å². The average molecular weight is 1100 g/mol. The maximum Gasteiger partial charge on any atom is 0.252 e. The second-order valence-electron chi connectivity index (χ2n) is 29.9. The molecule has 0 radical (unpaired) electrons. The van der Waals surface area contributed by atoms with E-state index in [0.29, 0.717) is 0 Å². The van der Waals surface area contributed by atoms with Gasteiger partial charge < -0.3 is 19.3 Å². The summed E-state index contributed by atoms with van der Waals surface area (Å²) in [5.74, 6) is 0. The third-order valence-corrected chi connectivity index (χ3v) is 24.5. The van der Waals surface area contributed by atoms with E-state index in [1.54, 1.807) is 0 Å². The molecule has 4 atom stereocenters. The lowest BCUT2D eigenvalue weighted by molar-refractivity contribution is 0.195. The summed E-state index contributed by atoms with van der Waals surface area (Å²) < 4.78 is 5.44. The highest BCUT2D eigenvalue weighted by Crippen LogP contribution is 2.65. The molecule has 0 spiro atoms. The maximum absolute atomic E-state index is 2.88. The van der Waals surface area contributed by atoms with Gasteiger partial charge in [-0.15, -0.1) is 11.3 Å². The van der Waals surface area contributed by atoms with Gasteiger partial charge in [-0.3, -0.25) is 0 Å². The van der Waals surface area contributed by atoms with E-state index < -0.39 is 0 Å². The van der Waals surface area contributed by atoms with Crippen LogP contribution < -0.4 is 31.1 Å². The minimum Gasteiger partial charge on any atom is -0.334 e. The smallest absolute Gasteiger partial charge is 0.252 e. The summed E-state index contributed by atoms with van der Waals surface area (Å²) >= 11 is 1.93. The summed E-state index contributed by atoms with van der Waals surface area (Å²) in [5, 5.41) is 4.04. The van der Waals surface area contributed by atoms with Gasteiger partial charge in [-0.1, -0.05) is 192 Å². The van der Waals surface area contributed by atoms with Gasteiger partial charge in [0.25, 0.3) is 6.71 Å². The highest BCUT2D eigenvalue weighted by atomic mass is 32.1. The largest absolute Gasteiger partial charge is 0.334 e. The normalized spacial score (nSPS) is 24.2. The average Bonchev–Trinajstić information content (AvgIpc) is 1.82. The van der Waals surface area contributed by atoms with Crippen LogP contribution >= 0.6 is 11.3 Å². The standard InChI is InChI=1S/C77H77BN4S/c1-71(2,3)46-31-35-58-54(41-46)74(9)37-17-19-39-76(74,11)81(58)48-33-34-56-61(43-48)79(60-28-22-30-65-66(60)51-24-14-16-29-64(51)83-65)62-44-49(82-59-36-32-47(72(4,5)6)42-55(59)75(10)38-18-20-40-77(75,82)12)45-63-68(62)78(56)57-27-21-25-52-67-70(80(63)69(52)57)50-23-13-15-26-53(50)73(67,7)8/h13-16,21-36,41-45H,17-20,37-40H2,1-12H3. The van der Waals surface area contributed by atoms with Crippen LogP contribution in [0, 0.1) is 0 Å². The lowest BCUT2D eigenvalue weighted by atomic mass is 9.33. The molecule has 4 unspecified atom stereocenters. The van der Waals surface area contributed by atoms with Crippen molar-refractivity contribution in [3.05, 3.63) is 185 Å². The van der Waals surface area contributed by atoms with Crippen molar-refractivity contribution < 1.29 is 0 Å². The Bertz CT molecular complexity index is 4520. The maximum atomic E-state index is 2.88. The van der Waals surface area contributed by atoms with E-state index in [2.05, 4.69) is 254 Å². The van der Waals surface area contributed by atoms with Crippen LogP contribution in [0.5, 0.6) is 0 Å². The number of aromatic nitrogens is 1. The monoisotopic (exact) mass is 1100 g/mol. The van der Waals surface area contributed by atoms with Crippen molar-refractivity contribution in [3.63, 3.8) is 0 Å². The molecule has 4 nitrogen and oxygen atoms in total. The number of hydrogen-bond donors (Lipinski definition) is 0. The number of benzene rings is 8. The number of rotatable bonds is 3. The first kappa shape index (κ1) is 50.5. The summed E-state index contributed by atoms with van der Waals surface area (Å²) in [6.07, 6.45) is 9.61. The number of fused-ring (bicyclic) bond motifs is 18. The molecule has 4 aliphatic heterocycles. The van der Waals surface area contributed by atoms with Gasteiger partial charge in [0.05, 0.1) is 22.5 Å². The SMILES string of the molecule is CC(C)(C)c1ccc2c(c1)C1(C)CCCCC1(C)N2c1ccc2c(c1)N(c1cccc3sc4ccccc4c13)c1cc(N3c4ccc(C(C)(C)C)cc4C4(C)CCCCC34C)cc3c1B2c1cccc2c4c(n-3c12)-c1ccccc1C4(C)C. The van der Waals surface area contributed by atoms with Crippen LogP contribution in [0.2, 0.25) is 0 Å². The molecule has 0 N–H and O–H groups in total. The van der Waals surface area contributed by atoms with E-state index in [1.807, 2.05) is 11.3 Å². The third-order valence-electron chi connectivity index (χ3n) is 23.3. The van der Waals surface area contributed by atoms with Crippen LogP contribution in [-0.2, 0) is 27.1 Å². The lowest BCUT2D eigenvalue weighted by Crippen LogP contribution is -2.61.